The lowest BCUT2D eigenvalue weighted by Gasteiger charge is -2.16. The van der Waals surface area contributed by atoms with E-state index in [0.717, 1.165) is 36.2 Å². The predicted octanol–water partition coefficient (Wildman–Crippen LogP) is 2.46. The Labute approximate surface area is 186 Å². The van der Waals surface area contributed by atoms with Crippen molar-refractivity contribution in [3.05, 3.63) is 53.2 Å². The van der Waals surface area contributed by atoms with Crippen LogP contribution in [0.4, 0.5) is 5.69 Å². The van der Waals surface area contributed by atoms with Crippen LogP contribution < -0.4 is 10.6 Å². The molecule has 0 aliphatic heterocycles. The molecule has 4 rings (SSSR count). The minimum absolute atomic E-state index is 0.0815. The minimum Gasteiger partial charge on any atom is -0.380 e. The van der Waals surface area contributed by atoms with Gasteiger partial charge < -0.3 is 19.9 Å². The highest BCUT2D eigenvalue weighted by Gasteiger charge is 2.30. The third-order valence-electron chi connectivity index (χ3n) is 5.33. The zero-order valence-electron chi connectivity index (χ0n) is 18.5. The van der Waals surface area contributed by atoms with Gasteiger partial charge in [0.05, 0.1) is 18.8 Å². The monoisotopic (exact) mass is 439 g/mol. The largest absolute Gasteiger partial charge is 0.380 e. The van der Waals surface area contributed by atoms with Gasteiger partial charge in [-0.1, -0.05) is 17.3 Å². The molecule has 1 unspecified atom stereocenters. The maximum Gasteiger partial charge on any atom is 0.221 e. The fourth-order valence-electron chi connectivity index (χ4n) is 3.52. The number of ether oxygens (including phenoxy) is 1. The number of carbonyl (C=O) groups is 1. The van der Waals surface area contributed by atoms with Crippen LogP contribution in [0, 0.1) is 0 Å². The molecule has 1 atom stereocenters. The van der Waals surface area contributed by atoms with Crippen LogP contribution in [0.25, 0.3) is 0 Å². The van der Waals surface area contributed by atoms with Crippen molar-refractivity contribution in [2.24, 2.45) is 0 Å². The van der Waals surface area contributed by atoms with Gasteiger partial charge in [-0.05, 0) is 54.3 Å². The summed E-state index contributed by atoms with van der Waals surface area (Å²) >= 11 is 0. The highest BCUT2D eigenvalue weighted by atomic mass is 16.5. The fraction of sp³-hybridized carbons (Fsp3) is 0.500. The molecule has 10 nitrogen and oxygen atoms in total. The zero-order chi connectivity index (χ0) is 22.3. The second-order valence-corrected chi connectivity index (χ2v) is 7.90. The maximum absolute atomic E-state index is 11.2. The molecule has 1 amide bonds. The van der Waals surface area contributed by atoms with Gasteiger partial charge in [0, 0.05) is 37.7 Å². The standard InChI is InChI=1S/C22H29N7O3/c1-3-31-13-12-29-22(25-27-28-29)21(20-14-19(26-32-20)17-6-7-17)23-11-10-16-4-8-18(9-5-16)24-15(2)30/h4-5,8-9,14,17,21,23H,3,6-7,10-13H2,1-2H3,(H,24,30). The third-order valence-corrected chi connectivity index (χ3v) is 5.33. The number of amides is 1. The van der Waals surface area contributed by atoms with Crippen molar-refractivity contribution in [2.75, 3.05) is 25.1 Å². The molecule has 170 valence electrons. The normalized spacial score (nSPS) is 14.4. The molecular formula is C22H29N7O3. The van der Waals surface area contributed by atoms with E-state index in [9.17, 15) is 4.79 Å². The highest BCUT2D eigenvalue weighted by molar-refractivity contribution is 5.88. The molecule has 0 bridgehead atoms. The van der Waals surface area contributed by atoms with E-state index in [-0.39, 0.29) is 11.9 Å². The van der Waals surface area contributed by atoms with E-state index >= 15 is 0 Å². The van der Waals surface area contributed by atoms with Crippen LogP contribution in [0.15, 0.2) is 34.9 Å². The van der Waals surface area contributed by atoms with Crippen LogP contribution in [0.2, 0.25) is 0 Å². The summed E-state index contributed by atoms with van der Waals surface area (Å²) in [5.74, 6) is 1.80. The van der Waals surface area contributed by atoms with E-state index in [1.807, 2.05) is 37.3 Å². The van der Waals surface area contributed by atoms with Crippen LogP contribution >= 0.6 is 0 Å². The highest BCUT2D eigenvalue weighted by Crippen LogP contribution is 2.40. The minimum atomic E-state index is -0.315. The topological polar surface area (TPSA) is 120 Å². The summed E-state index contributed by atoms with van der Waals surface area (Å²) in [6.07, 6.45) is 3.11. The molecule has 0 radical (unpaired) electrons. The van der Waals surface area contributed by atoms with Crippen LogP contribution in [-0.4, -0.2) is 51.0 Å². The van der Waals surface area contributed by atoms with E-state index in [0.29, 0.717) is 43.8 Å². The quantitative estimate of drug-likeness (QED) is 0.413. The van der Waals surface area contributed by atoms with Crippen LogP contribution in [0.5, 0.6) is 0 Å². The summed E-state index contributed by atoms with van der Waals surface area (Å²) in [6.45, 7) is 5.88. The Hall–Kier alpha value is -3.11. The molecule has 0 saturated heterocycles. The Bertz CT molecular complexity index is 1010. The van der Waals surface area contributed by atoms with Crippen LogP contribution in [-0.2, 0) is 22.5 Å². The average Bonchev–Trinajstić information content (AvgIpc) is 3.33. The van der Waals surface area contributed by atoms with E-state index in [1.54, 1.807) is 4.68 Å². The van der Waals surface area contributed by atoms with Crippen LogP contribution in [0.3, 0.4) is 0 Å². The second-order valence-electron chi connectivity index (χ2n) is 7.90. The van der Waals surface area contributed by atoms with Gasteiger partial charge >= 0.3 is 0 Å². The summed E-state index contributed by atoms with van der Waals surface area (Å²) in [7, 11) is 0. The number of hydrogen-bond donors (Lipinski definition) is 2. The zero-order valence-corrected chi connectivity index (χ0v) is 18.5. The molecule has 0 spiro atoms. The van der Waals surface area contributed by atoms with Crippen molar-refractivity contribution < 1.29 is 14.1 Å². The van der Waals surface area contributed by atoms with Gasteiger partial charge in [0.15, 0.2) is 11.6 Å². The molecule has 2 aromatic heterocycles. The number of aromatic nitrogens is 5. The first-order chi connectivity index (χ1) is 15.6. The summed E-state index contributed by atoms with van der Waals surface area (Å²) in [4.78, 5) is 11.2. The Kier molecular flexibility index (Phi) is 7.23. The van der Waals surface area contributed by atoms with Gasteiger partial charge in [0.2, 0.25) is 5.91 Å². The lowest BCUT2D eigenvalue weighted by Crippen LogP contribution is -2.28. The summed E-state index contributed by atoms with van der Waals surface area (Å²) in [6, 6.07) is 9.52. The first-order valence-electron chi connectivity index (χ1n) is 11.0. The van der Waals surface area contributed by atoms with Crippen molar-refractivity contribution in [1.82, 2.24) is 30.7 Å². The number of nitrogens with one attached hydrogen (secondary N) is 2. The van der Waals surface area contributed by atoms with Gasteiger partial charge in [-0.25, -0.2) is 4.68 Å². The van der Waals surface area contributed by atoms with E-state index in [4.69, 9.17) is 9.26 Å². The molecule has 1 aliphatic rings. The number of rotatable bonds is 12. The molecule has 32 heavy (non-hydrogen) atoms. The number of nitrogens with zero attached hydrogens (tertiary/aromatic N) is 5. The molecule has 10 heteroatoms. The summed E-state index contributed by atoms with van der Waals surface area (Å²) in [5, 5.41) is 22.8. The molecule has 1 aromatic carbocycles. The van der Waals surface area contributed by atoms with Gasteiger partial charge in [-0.2, -0.15) is 0 Å². The van der Waals surface area contributed by atoms with Crippen molar-refractivity contribution in [2.45, 2.75) is 51.6 Å². The SMILES string of the molecule is CCOCCn1nnnc1C(NCCc1ccc(NC(C)=O)cc1)c1cc(C2CC2)no1. The number of hydrogen-bond acceptors (Lipinski definition) is 8. The van der Waals surface area contributed by atoms with Crippen molar-refractivity contribution in [1.29, 1.82) is 0 Å². The Morgan fingerprint density at radius 3 is 2.84 bits per heavy atom. The first kappa shape index (κ1) is 22.1. The molecule has 1 fully saturated rings. The van der Waals surface area contributed by atoms with E-state index in [1.165, 1.54) is 6.92 Å². The third kappa shape index (κ3) is 5.77. The molecule has 1 saturated carbocycles. The van der Waals surface area contributed by atoms with Gasteiger partial charge in [-0.15, -0.1) is 5.10 Å². The molecule has 3 aromatic rings. The average molecular weight is 440 g/mol. The number of carbonyl (C=O) groups excluding carboxylic acids is 1. The molecule has 1 aliphatic carbocycles. The number of tetrazole rings is 1. The van der Waals surface area contributed by atoms with Crippen LogP contribution in [0.1, 0.15) is 61.5 Å². The van der Waals surface area contributed by atoms with E-state index in [2.05, 4.69) is 31.3 Å². The van der Waals surface area contributed by atoms with E-state index < -0.39 is 0 Å². The molecule has 2 heterocycles. The van der Waals surface area contributed by atoms with Gasteiger partial charge in [0.25, 0.3) is 0 Å². The van der Waals surface area contributed by atoms with Crippen molar-refractivity contribution in [3.63, 3.8) is 0 Å². The number of anilines is 1. The van der Waals surface area contributed by atoms with Gasteiger partial charge in [0.1, 0.15) is 6.04 Å². The lowest BCUT2D eigenvalue weighted by molar-refractivity contribution is -0.114. The summed E-state index contributed by atoms with van der Waals surface area (Å²) < 4.78 is 12.9. The number of benzene rings is 1. The lowest BCUT2D eigenvalue weighted by atomic mass is 10.1. The van der Waals surface area contributed by atoms with Gasteiger partial charge in [-0.3, -0.25) is 4.79 Å². The second kappa shape index (κ2) is 10.5. The smallest absolute Gasteiger partial charge is 0.221 e. The Morgan fingerprint density at radius 2 is 2.12 bits per heavy atom. The molecule has 2 N–H and O–H groups in total. The first-order valence-corrected chi connectivity index (χ1v) is 11.0. The molecular weight excluding hydrogens is 410 g/mol. The summed E-state index contributed by atoms with van der Waals surface area (Å²) in [5.41, 5.74) is 2.93. The predicted molar refractivity (Wildman–Crippen MR) is 117 cm³/mol. The Balaban J connectivity index is 1.45. The van der Waals surface area contributed by atoms with Crippen molar-refractivity contribution in [3.8, 4) is 0 Å². The fourth-order valence-corrected chi connectivity index (χ4v) is 3.52. The Morgan fingerprint density at radius 1 is 1.31 bits per heavy atom. The maximum atomic E-state index is 11.2. The van der Waals surface area contributed by atoms with Crippen molar-refractivity contribution >= 4 is 11.6 Å².